The Balaban J connectivity index is 1.94. The molecule has 0 atom stereocenters. The Bertz CT molecular complexity index is 1230. The SMILES string of the molecule is [C-]#[N+]Cc1cc2c3c([n+](C)ccc3c1)-c1c(cc3occc3c1C)S2. The third-order valence-electron chi connectivity index (χ3n) is 4.96. The zero-order chi connectivity index (χ0) is 17.1. The van der Waals surface area contributed by atoms with Crippen LogP contribution < -0.4 is 4.57 Å². The van der Waals surface area contributed by atoms with Crippen molar-refractivity contribution in [3.8, 4) is 11.3 Å². The average Bonchev–Trinajstić information content (AvgIpc) is 3.06. The van der Waals surface area contributed by atoms with Gasteiger partial charge >= 0.3 is 0 Å². The van der Waals surface area contributed by atoms with E-state index < -0.39 is 0 Å². The van der Waals surface area contributed by atoms with E-state index in [4.69, 9.17) is 11.0 Å². The Hall–Kier alpha value is -2.77. The van der Waals surface area contributed by atoms with Gasteiger partial charge in [-0.3, -0.25) is 0 Å². The third-order valence-corrected chi connectivity index (χ3v) is 6.04. The number of pyridine rings is 1. The maximum atomic E-state index is 7.19. The molecule has 5 rings (SSSR count). The minimum atomic E-state index is 0.420. The van der Waals surface area contributed by atoms with Crippen LogP contribution in [0.15, 0.2) is 57.0 Å². The molecule has 0 N–H and O–H groups in total. The largest absolute Gasteiger partial charge is 0.464 e. The molecule has 0 spiro atoms. The Morgan fingerprint density at radius 3 is 2.92 bits per heavy atom. The molecule has 0 amide bonds. The highest BCUT2D eigenvalue weighted by molar-refractivity contribution is 7.99. The van der Waals surface area contributed by atoms with Gasteiger partial charge in [0.25, 0.3) is 0 Å². The van der Waals surface area contributed by atoms with Gasteiger partial charge in [-0.05, 0) is 42.1 Å². The van der Waals surface area contributed by atoms with Crippen LogP contribution in [-0.4, -0.2) is 0 Å². The second kappa shape index (κ2) is 5.11. The van der Waals surface area contributed by atoms with Crippen molar-refractivity contribution in [2.24, 2.45) is 7.05 Å². The summed E-state index contributed by atoms with van der Waals surface area (Å²) in [4.78, 5) is 6.00. The van der Waals surface area contributed by atoms with Crippen molar-refractivity contribution >= 4 is 33.5 Å². The normalized spacial score (nSPS) is 12.4. The summed E-state index contributed by atoms with van der Waals surface area (Å²) in [6, 6.07) is 10.7. The topological polar surface area (TPSA) is 21.4 Å². The smallest absolute Gasteiger partial charge is 0.239 e. The quantitative estimate of drug-likeness (QED) is 0.305. The molecule has 4 aromatic rings. The number of benzene rings is 2. The molecule has 2 aromatic carbocycles. The second-order valence-corrected chi connectivity index (χ2v) is 7.54. The van der Waals surface area contributed by atoms with Crippen LogP contribution in [0.5, 0.6) is 0 Å². The number of hydrogen-bond acceptors (Lipinski definition) is 2. The molecule has 3 nitrogen and oxygen atoms in total. The van der Waals surface area contributed by atoms with E-state index in [-0.39, 0.29) is 0 Å². The summed E-state index contributed by atoms with van der Waals surface area (Å²) in [5.74, 6) is 0. The van der Waals surface area contributed by atoms with Crippen LogP contribution in [-0.2, 0) is 13.6 Å². The van der Waals surface area contributed by atoms with Gasteiger partial charge in [-0.1, -0.05) is 11.8 Å². The number of aryl methyl sites for hydroxylation is 2. The van der Waals surface area contributed by atoms with Crippen molar-refractivity contribution in [1.82, 2.24) is 0 Å². The van der Waals surface area contributed by atoms with Gasteiger partial charge in [0.1, 0.15) is 12.6 Å². The maximum absolute atomic E-state index is 7.19. The first-order valence-corrected chi connectivity index (χ1v) is 8.96. The summed E-state index contributed by atoms with van der Waals surface area (Å²) in [5, 5.41) is 3.65. The van der Waals surface area contributed by atoms with Gasteiger partial charge in [0.2, 0.25) is 12.2 Å². The standard InChI is InChI=1S/C21H15N2OS/c1-12-15-5-7-24-16(15)10-18-19(12)21-20-14(4-6-23(21)3)8-13(11-22-2)9-17(20)25-18/h4-10H,11H2,1,3H3/q+1. The van der Waals surface area contributed by atoms with Gasteiger partial charge in [-0.2, -0.15) is 0 Å². The fraction of sp³-hybridized carbons (Fsp3) is 0.143. The van der Waals surface area contributed by atoms with E-state index in [9.17, 15) is 0 Å². The number of furan rings is 1. The number of fused-ring (bicyclic) bond motifs is 3. The lowest BCUT2D eigenvalue weighted by molar-refractivity contribution is -0.659. The van der Waals surface area contributed by atoms with E-state index in [0.717, 1.165) is 11.1 Å². The van der Waals surface area contributed by atoms with Gasteiger partial charge in [0.15, 0.2) is 6.20 Å². The summed E-state index contributed by atoms with van der Waals surface area (Å²) < 4.78 is 7.86. The zero-order valence-corrected chi connectivity index (χ0v) is 14.8. The lowest BCUT2D eigenvalue weighted by Crippen LogP contribution is -2.31. The van der Waals surface area contributed by atoms with Crippen molar-refractivity contribution < 1.29 is 8.98 Å². The summed E-state index contributed by atoms with van der Waals surface area (Å²) in [6.45, 7) is 9.78. The van der Waals surface area contributed by atoms with Crippen LogP contribution in [0.1, 0.15) is 11.1 Å². The molecule has 0 radical (unpaired) electrons. The fourth-order valence-electron chi connectivity index (χ4n) is 3.84. The molecule has 1 aliphatic rings. The lowest BCUT2D eigenvalue weighted by atomic mass is 9.96. The number of rotatable bonds is 1. The predicted molar refractivity (Wildman–Crippen MR) is 99.5 cm³/mol. The first-order valence-electron chi connectivity index (χ1n) is 8.15. The average molecular weight is 343 g/mol. The van der Waals surface area contributed by atoms with Crippen LogP contribution >= 0.6 is 11.8 Å². The maximum Gasteiger partial charge on any atom is 0.239 e. The highest BCUT2D eigenvalue weighted by atomic mass is 32.2. The Morgan fingerprint density at radius 2 is 2.08 bits per heavy atom. The Kier molecular flexibility index (Phi) is 2.98. The number of hydrogen-bond donors (Lipinski definition) is 0. The van der Waals surface area contributed by atoms with E-state index in [2.05, 4.69) is 53.8 Å². The Labute approximate surface area is 149 Å². The van der Waals surface area contributed by atoms with Gasteiger partial charge in [-0.15, -0.1) is 0 Å². The highest BCUT2D eigenvalue weighted by Crippen LogP contribution is 2.49. The molecular weight excluding hydrogens is 328 g/mol. The molecule has 3 heterocycles. The molecule has 0 aliphatic carbocycles. The first-order chi connectivity index (χ1) is 12.2. The first kappa shape index (κ1) is 14.6. The van der Waals surface area contributed by atoms with Crippen LogP contribution in [0.2, 0.25) is 0 Å². The lowest BCUT2D eigenvalue weighted by Gasteiger charge is -2.20. The highest BCUT2D eigenvalue weighted by Gasteiger charge is 2.30. The zero-order valence-electron chi connectivity index (χ0n) is 14.0. The second-order valence-electron chi connectivity index (χ2n) is 6.46. The van der Waals surface area contributed by atoms with Crippen LogP contribution in [0.25, 0.3) is 37.8 Å². The molecule has 0 unspecified atom stereocenters. The molecule has 0 bridgehead atoms. The predicted octanol–water partition coefficient (Wildman–Crippen LogP) is 5.27. The minimum Gasteiger partial charge on any atom is -0.464 e. The molecule has 0 saturated carbocycles. The van der Waals surface area contributed by atoms with Crippen molar-refractivity contribution in [2.75, 3.05) is 0 Å². The molecule has 2 aromatic heterocycles. The van der Waals surface area contributed by atoms with E-state index >= 15 is 0 Å². The van der Waals surface area contributed by atoms with Gasteiger partial charge < -0.3 is 9.26 Å². The molecule has 120 valence electrons. The molecule has 0 saturated heterocycles. The van der Waals surface area contributed by atoms with Crippen LogP contribution in [0, 0.1) is 13.5 Å². The molecule has 1 aliphatic heterocycles. The van der Waals surface area contributed by atoms with Crippen molar-refractivity contribution in [2.45, 2.75) is 23.3 Å². The minimum absolute atomic E-state index is 0.420. The molecule has 0 fully saturated rings. The van der Waals surface area contributed by atoms with E-state index in [1.54, 1.807) is 18.0 Å². The molecule has 4 heteroatoms. The molecule has 25 heavy (non-hydrogen) atoms. The van der Waals surface area contributed by atoms with E-state index in [1.165, 1.54) is 42.8 Å². The van der Waals surface area contributed by atoms with Crippen molar-refractivity contribution in [3.05, 3.63) is 65.3 Å². The summed E-state index contributed by atoms with van der Waals surface area (Å²) in [6.07, 6.45) is 3.87. The summed E-state index contributed by atoms with van der Waals surface area (Å²) in [7, 11) is 2.10. The number of aromatic nitrogens is 1. The van der Waals surface area contributed by atoms with Gasteiger partial charge in [0, 0.05) is 26.8 Å². The summed E-state index contributed by atoms with van der Waals surface area (Å²) in [5.41, 5.74) is 5.80. The van der Waals surface area contributed by atoms with Crippen molar-refractivity contribution in [3.63, 3.8) is 0 Å². The monoisotopic (exact) mass is 343 g/mol. The number of nitrogens with zero attached hydrogens (tertiary/aromatic N) is 2. The third kappa shape index (κ3) is 1.96. The molecular formula is C21H15N2OS+. The van der Waals surface area contributed by atoms with Crippen LogP contribution in [0.4, 0.5) is 0 Å². The van der Waals surface area contributed by atoms with Crippen LogP contribution in [0.3, 0.4) is 0 Å². The van der Waals surface area contributed by atoms with E-state index in [0.29, 0.717) is 6.54 Å². The fourth-order valence-corrected chi connectivity index (χ4v) is 5.12. The van der Waals surface area contributed by atoms with E-state index in [1.807, 2.05) is 6.07 Å². The Morgan fingerprint density at radius 1 is 1.20 bits per heavy atom. The summed E-state index contributed by atoms with van der Waals surface area (Å²) >= 11 is 1.78. The van der Waals surface area contributed by atoms with Gasteiger partial charge in [-0.25, -0.2) is 11.1 Å². The van der Waals surface area contributed by atoms with Gasteiger partial charge in [0.05, 0.1) is 17.2 Å². The van der Waals surface area contributed by atoms with Crippen molar-refractivity contribution in [1.29, 1.82) is 0 Å².